The third-order valence-electron chi connectivity index (χ3n) is 6.14. The third-order valence-corrected chi connectivity index (χ3v) is 6.14. The summed E-state index contributed by atoms with van der Waals surface area (Å²) >= 11 is 0. The second kappa shape index (κ2) is 8.61. The number of rotatable bonds is 7. The molecule has 0 radical (unpaired) electrons. The van der Waals surface area contributed by atoms with Crippen molar-refractivity contribution in [1.29, 1.82) is 0 Å². The number of aromatic nitrogens is 3. The minimum Gasteiger partial charge on any atom is -0.497 e. The van der Waals surface area contributed by atoms with Gasteiger partial charge in [0.1, 0.15) is 5.75 Å². The second-order valence-electron chi connectivity index (χ2n) is 8.34. The average Bonchev–Trinajstić information content (AvgIpc) is 3.65. The van der Waals surface area contributed by atoms with E-state index in [0.29, 0.717) is 18.6 Å². The molecule has 168 valence electrons. The molecule has 32 heavy (non-hydrogen) atoms. The van der Waals surface area contributed by atoms with Gasteiger partial charge in [-0.15, -0.1) is 0 Å². The standard InChI is InChI=1S/C24H28N4O4/c1-5-12-28-21-20(22(29)26-24(28)31)18(13-19(25-21)16-6-7-16)23(30)27(3)14(2)15-8-10-17(32-4)11-9-15/h8-11,13-14,16H,5-7,12H2,1-4H3,(H,26,29,31). The lowest BCUT2D eigenvalue weighted by atomic mass is 10.0. The quantitative estimate of drug-likeness (QED) is 0.613. The van der Waals surface area contributed by atoms with Crippen LogP contribution in [-0.4, -0.2) is 39.5 Å². The number of methoxy groups -OCH3 is 1. The van der Waals surface area contributed by atoms with Crippen molar-refractivity contribution in [2.45, 2.75) is 51.6 Å². The van der Waals surface area contributed by atoms with Crippen LogP contribution in [0.3, 0.4) is 0 Å². The van der Waals surface area contributed by atoms with Crippen molar-refractivity contribution in [3.05, 3.63) is 68.0 Å². The van der Waals surface area contributed by atoms with E-state index in [1.165, 1.54) is 4.57 Å². The van der Waals surface area contributed by atoms with Gasteiger partial charge in [-0.25, -0.2) is 9.78 Å². The number of carbonyl (C=O) groups is 1. The summed E-state index contributed by atoms with van der Waals surface area (Å²) < 4.78 is 6.68. The number of aryl methyl sites for hydroxylation is 1. The fraction of sp³-hybridized carbons (Fsp3) is 0.417. The molecule has 1 aliphatic carbocycles. The van der Waals surface area contributed by atoms with Crippen LogP contribution in [0.1, 0.15) is 66.7 Å². The Kier molecular flexibility index (Phi) is 5.86. The Morgan fingerprint density at radius 1 is 1.28 bits per heavy atom. The Balaban J connectivity index is 1.83. The van der Waals surface area contributed by atoms with E-state index in [2.05, 4.69) is 9.97 Å². The average molecular weight is 437 g/mol. The van der Waals surface area contributed by atoms with Crippen LogP contribution >= 0.6 is 0 Å². The smallest absolute Gasteiger partial charge is 0.329 e. The van der Waals surface area contributed by atoms with Gasteiger partial charge >= 0.3 is 5.69 Å². The van der Waals surface area contributed by atoms with Crippen molar-refractivity contribution in [1.82, 2.24) is 19.4 Å². The van der Waals surface area contributed by atoms with Crippen molar-refractivity contribution in [3.63, 3.8) is 0 Å². The summed E-state index contributed by atoms with van der Waals surface area (Å²) in [6.45, 7) is 4.30. The van der Waals surface area contributed by atoms with Crippen LogP contribution in [0.5, 0.6) is 5.75 Å². The molecule has 1 unspecified atom stereocenters. The first-order valence-corrected chi connectivity index (χ1v) is 10.9. The number of carbonyl (C=O) groups excluding carboxylic acids is 1. The summed E-state index contributed by atoms with van der Waals surface area (Å²) in [7, 11) is 3.33. The van der Waals surface area contributed by atoms with E-state index in [1.807, 2.05) is 38.1 Å². The summed E-state index contributed by atoms with van der Waals surface area (Å²) in [4.78, 5) is 47.6. The molecule has 1 aliphatic rings. The zero-order valence-corrected chi connectivity index (χ0v) is 18.8. The molecule has 1 amide bonds. The molecule has 1 atom stereocenters. The van der Waals surface area contributed by atoms with E-state index in [-0.39, 0.29) is 28.8 Å². The highest BCUT2D eigenvalue weighted by Gasteiger charge is 2.30. The second-order valence-corrected chi connectivity index (χ2v) is 8.34. The normalized spacial score (nSPS) is 14.4. The Morgan fingerprint density at radius 2 is 1.97 bits per heavy atom. The summed E-state index contributed by atoms with van der Waals surface area (Å²) in [6.07, 6.45) is 2.69. The van der Waals surface area contributed by atoms with Crippen molar-refractivity contribution >= 4 is 16.9 Å². The fourth-order valence-corrected chi connectivity index (χ4v) is 3.95. The largest absolute Gasteiger partial charge is 0.497 e. The van der Waals surface area contributed by atoms with Gasteiger partial charge in [-0.2, -0.15) is 0 Å². The molecule has 8 heteroatoms. The predicted octanol–water partition coefficient (Wildman–Crippen LogP) is 3.21. The first-order valence-electron chi connectivity index (χ1n) is 10.9. The number of amides is 1. The summed E-state index contributed by atoms with van der Waals surface area (Å²) in [5.74, 6) is 0.721. The van der Waals surface area contributed by atoms with Gasteiger partial charge in [0, 0.05) is 25.2 Å². The van der Waals surface area contributed by atoms with Crippen LogP contribution in [0.4, 0.5) is 0 Å². The number of aromatic amines is 1. The number of H-pyrrole nitrogens is 1. The van der Waals surface area contributed by atoms with Crippen LogP contribution in [0.2, 0.25) is 0 Å². The molecule has 8 nitrogen and oxygen atoms in total. The third kappa shape index (κ3) is 3.92. The highest BCUT2D eigenvalue weighted by molar-refractivity contribution is 6.05. The van der Waals surface area contributed by atoms with E-state index in [4.69, 9.17) is 4.74 Å². The SMILES string of the molecule is CCCn1c(=O)[nH]c(=O)c2c(C(=O)N(C)C(C)c3ccc(OC)cc3)cc(C3CC3)nc21. The fourth-order valence-electron chi connectivity index (χ4n) is 3.95. The van der Waals surface area contributed by atoms with Crippen LogP contribution in [0.25, 0.3) is 11.0 Å². The molecule has 2 heterocycles. The molecular weight excluding hydrogens is 408 g/mol. The minimum absolute atomic E-state index is 0.168. The molecule has 0 aliphatic heterocycles. The van der Waals surface area contributed by atoms with Crippen molar-refractivity contribution in [2.24, 2.45) is 0 Å². The molecule has 0 bridgehead atoms. The monoisotopic (exact) mass is 436 g/mol. The predicted molar refractivity (Wildman–Crippen MR) is 122 cm³/mol. The first kappa shape index (κ1) is 21.8. The highest BCUT2D eigenvalue weighted by Crippen LogP contribution is 2.40. The molecule has 0 spiro atoms. The van der Waals surface area contributed by atoms with Crippen LogP contribution in [0, 0.1) is 0 Å². The Bertz CT molecular complexity index is 1270. The van der Waals surface area contributed by atoms with Gasteiger partial charge in [-0.1, -0.05) is 19.1 Å². The molecule has 1 N–H and O–H groups in total. The van der Waals surface area contributed by atoms with Crippen molar-refractivity contribution in [3.8, 4) is 5.75 Å². The number of hydrogen-bond donors (Lipinski definition) is 1. The number of pyridine rings is 1. The Morgan fingerprint density at radius 3 is 2.56 bits per heavy atom. The van der Waals surface area contributed by atoms with Crippen LogP contribution < -0.4 is 16.0 Å². The molecule has 1 aromatic carbocycles. The summed E-state index contributed by atoms with van der Waals surface area (Å²) in [5, 5.41) is 0.168. The highest BCUT2D eigenvalue weighted by atomic mass is 16.5. The van der Waals surface area contributed by atoms with E-state index in [9.17, 15) is 14.4 Å². The van der Waals surface area contributed by atoms with Crippen molar-refractivity contribution < 1.29 is 9.53 Å². The molecule has 4 rings (SSSR count). The molecular formula is C24H28N4O4. The Hall–Kier alpha value is -3.42. The number of nitrogens with one attached hydrogen (secondary N) is 1. The maximum atomic E-state index is 13.6. The number of fused-ring (bicyclic) bond motifs is 1. The zero-order chi connectivity index (χ0) is 23.0. The van der Waals surface area contributed by atoms with E-state index < -0.39 is 11.2 Å². The summed E-state index contributed by atoms with van der Waals surface area (Å²) in [5.41, 5.74) is 1.20. The number of nitrogens with zero attached hydrogens (tertiary/aromatic N) is 3. The van der Waals surface area contributed by atoms with E-state index in [1.54, 1.807) is 25.1 Å². The maximum absolute atomic E-state index is 13.6. The topological polar surface area (TPSA) is 97.3 Å². The lowest BCUT2D eigenvalue weighted by Gasteiger charge is -2.26. The number of benzene rings is 1. The molecule has 3 aromatic rings. The van der Waals surface area contributed by atoms with E-state index in [0.717, 1.165) is 29.8 Å². The van der Waals surface area contributed by atoms with Gasteiger partial charge in [-0.05, 0) is 49.9 Å². The summed E-state index contributed by atoms with van der Waals surface area (Å²) in [6, 6.07) is 9.03. The molecule has 1 saturated carbocycles. The van der Waals surface area contributed by atoms with Gasteiger partial charge in [0.15, 0.2) is 5.65 Å². The Labute approximate surface area is 185 Å². The maximum Gasteiger partial charge on any atom is 0.329 e. The molecule has 1 fully saturated rings. The van der Waals surface area contributed by atoms with Gasteiger partial charge in [0.05, 0.1) is 24.1 Å². The lowest BCUT2D eigenvalue weighted by molar-refractivity contribution is 0.0744. The van der Waals surface area contributed by atoms with Gasteiger partial charge in [0.2, 0.25) is 0 Å². The number of hydrogen-bond acceptors (Lipinski definition) is 5. The van der Waals surface area contributed by atoms with Crippen LogP contribution in [-0.2, 0) is 6.54 Å². The van der Waals surface area contributed by atoms with Gasteiger partial charge in [0.25, 0.3) is 11.5 Å². The van der Waals surface area contributed by atoms with E-state index >= 15 is 0 Å². The van der Waals surface area contributed by atoms with Gasteiger partial charge in [-0.3, -0.25) is 19.1 Å². The van der Waals surface area contributed by atoms with Crippen molar-refractivity contribution in [2.75, 3.05) is 14.2 Å². The molecule has 0 saturated heterocycles. The lowest BCUT2D eigenvalue weighted by Crippen LogP contribution is -2.34. The first-order chi connectivity index (χ1) is 15.3. The molecule has 2 aromatic heterocycles. The minimum atomic E-state index is -0.582. The van der Waals surface area contributed by atoms with Crippen LogP contribution in [0.15, 0.2) is 39.9 Å². The van der Waals surface area contributed by atoms with Gasteiger partial charge < -0.3 is 9.64 Å². The number of ether oxygens (including phenoxy) is 1. The zero-order valence-electron chi connectivity index (χ0n) is 18.8.